The molecule has 0 bridgehead atoms. The van der Waals surface area contributed by atoms with Gasteiger partial charge in [0, 0.05) is 11.8 Å². The van der Waals surface area contributed by atoms with Crippen molar-refractivity contribution >= 4 is 26.8 Å². The topological polar surface area (TPSA) is 34.9 Å². The molecule has 4 heteroatoms. The maximum absolute atomic E-state index is 12.8. The molecule has 112 valence electrons. The van der Waals surface area contributed by atoms with E-state index in [9.17, 15) is 4.79 Å². The first-order chi connectivity index (χ1) is 10.8. The summed E-state index contributed by atoms with van der Waals surface area (Å²) in [5.74, 6) is 0.854. The minimum Gasteiger partial charge on any atom is -0.292 e. The van der Waals surface area contributed by atoms with Gasteiger partial charge >= 0.3 is 0 Å². The molecule has 0 aliphatic carbocycles. The molecule has 3 rings (SSSR count). The molecule has 3 nitrogen and oxygen atoms in total. The van der Waals surface area contributed by atoms with Crippen molar-refractivity contribution in [1.29, 1.82) is 0 Å². The van der Waals surface area contributed by atoms with E-state index in [2.05, 4.69) is 15.9 Å². The van der Waals surface area contributed by atoms with Gasteiger partial charge in [-0.2, -0.15) is 0 Å². The van der Waals surface area contributed by atoms with Crippen LogP contribution in [0.15, 0.2) is 59.4 Å². The Labute approximate surface area is 137 Å². The molecular formula is C18H17BrN2O. The Morgan fingerprint density at radius 3 is 2.50 bits per heavy atom. The molecule has 0 radical (unpaired) electrons. The summed E-state index contributed by atoms with van der Waals surface area (Å²) in [4.78, 5) is 17.5. The molecule has 1 heterocycles. The zero-order chi connectivity index (χ0) is 15.4. The van der Waals surface area contributed by atoms with Crippen LogP contribution in [0.25, 0.3) is 10.9 Å². The number of alkyl halides is 1. The van der Waals surface area contributed by atoms with Gasteiger partial charge < -0.3 is 0 Å². The van der Waals surface area contributed by atoms with Gasteiger partial charge in [-0.1, -0.05) is 58.4 Å². The lowest BCUT2D eigenvalue weighted by Crippen LogP contribution is -2.26. The molecule has 0 saturated heterocycles. The van der Waals surface area contributed by atoms with Gasteiger partial charge in [0.15, 0.2) is 0 Å². The van der Waals surface area contributed by atoms with Crippen molar-refractivity contribution in [1.82, 2.24) is 9.55 Å². The molecule has 0 N–H and O–H groups in total. The van der Waals surface area contributed by atoms with Crippen LogP contribution in [-0.4, -0.2) is 14.9 Å². The predicted molar refractivity (Wildman–Crippen MR) is 93.7 cm³/mol. The first kappa shape index (κ1) is 15.0. The van der Waals surface area contributed by atoms with Gasteiger partial charge in [0.25, 0.3) is 5.56 Å². The van der Waals surface area contributed by atoms with E-state index in [0.29, 0.717) is 11.9 Å². The molecule has 2 aromatic carbocycles. The van der Waals surface area contributed by atoms with Crippen molar-refractivity contribution in [2.24, 2.45) is 0 Å². The SMILES string of the molecule is O=c1c2ccccc2nc(CCCBr)n1Cc1ccccc1. The van der Waals surface area contributed by atoms with E-state index < -0.39 is 0 Å². The van der Waals surface area contributed by atoms with Crippen LogP contribution in [0, 0.1) is 0 Å². The molecule has 0 atom stereocenters. The summed E-state index contributed by atoms with van der Waals surface area (Å²) in [6.07, 6.45) is 1.75. The summed E-state index contributed by atoms with van der Waals surface area (Å²) in [5, 5.41) is 1.59. The smallest absolute Gasteiger partial charge is 0.261 e. The van der Waals surface area contributed by atoms with Crippen LogP contribution in [0.3, 0.4) is 0 Å². The number of halogens is 1. The second-order valence-corrected chi connectivity index (χ2v) is 6.01. The fourth-order valence-electron chi connectivity index (χ4n) is 2.56. The van der Waals surface area contributed by atoms with Crippen molar-refractivity contribution < 1.29 is 0 Å². The maximum Gasteiger partial charge on any atom is 0.261 e. The average Bonchev–Trinajstić information content (AvgIpc) is 2.57. The van der Waals surface area contributed by atoms with E-state index >= 15 is 0 Å². The number of aryl methyl sites for hydroxylation is 1. The van der Waals surface area contributed by atoms with Gasteiger partial charge in [-0.25, -0.2) is 4.98 Å². The molecule has 0 fully saturated rings. The number of hydrogen-bond acceptors (Lipinski definition) is 2. The highest BCUT2D eigenvalue weighted by Gasteiger charge is 2.10. The standard InChI is InChI=1S/C18H17BrN2O/c19-12-6-11-17-20-16-10-5-4-9-15(16)18(22)21(17)13-14-7-2-1-3-8-14/h1-5,7-10H,6,11-13H2. The summed E-state index contributed by atoms with van der Waals surface area (Å²) < 4.78 is 1.81. The van der Waals surface area contributed by atoms with E-state index in [1.54, 1.807) is 4.57 Å². The van der Waals surface area contributed by atoms with Crippen LogP contribution in [0.4, 0.5) is 0 Å². The van der Waals surface area contributed by atoms with Gasteiger partial charge in [-0.3, -0.25) is 9.36 Å². The lowest BCUT2D eigenvalue weighted by molar-refractivity contribution is 0.667. The molecule has 1 aromatic heterocycles. The third-order valence-electron chi connectivity index (χ3n) is 3.66. The molecule has 22 heavy (non-hydrogen) atoms. The summed E-state index contributed by atoms with van der Waals surface area (Å²) in [6, 6.07) is 17.6. The molecule has 0 saturated carbocycles. The van der Waals surface area contributed by atoms with Crippen LogP contribution >= 0.6 is 15.9 Å². The van der Waals surface area contributed by atoms with E-state index in [-0.39, 0.29) is 5.56 Å². The van der Waals surface area contributed by atoms with Crippen LogP contribution in [0.5, 0.6) is 0 Å². The van der Waals surface area contributed by atoms with Crippen molar-refractivity contribution in [2.45, 2.75) is 19.4 Å². The fraction of sp³-hybridized carbons (Fsp3) is 0.222. The Morgan fingerprint density at radius 1 is 1.00 bits per heavy atom. The van der Waals surface area contributed by atoms with E-state index in [1.807, 2.05) is 54.6 Å². The van der Waals surface area contributed by atoms with E-state index in [0.717, 1.165) is 35.1 Å². The third-order valence-corrected chi connectivity index (χ3v) is 4.22. The van der Waals surface area contributed by atoms with Crippen LogP contribution in [0.2, 0.25) is 0 Å². The van der Waals surface area contributed by atoms with Crippen LogP contribution in [-0.2, 0) is 13.0 Å². The number of benzene rings is 2. The summed E-state index contributed by atoms with van der Waals surface area (Å²) >= 11 is 3.45. The van der Waals surface area contributed by atoms with Gasteiger partial charge in [-0.15, -0.1) is 0 Å². The number of fused-ring (bicyclic) bond motifs is 1. The zero-order valence-electron chi connectivity index (χ0n) is 12.2. The lowest BCUT2D eigenvalue weighted by Gasteiger charge is -2.13. The Kier molecular flexibility index (Phi) is 4.68. The Balaban J connectivity index is 2.12. The second kappa shape index (κ2) is 6.88. The Bertz CT molecular complexity index is 827. The minimum atomic E-state index is 0.0408. The lowest BCUT2D eigenvalue weighted by atomic mass is 10.2. The first-order valence-electron chi connectivity index (χ1n) is 7.38. The van der Waals surface area contributed by atoms with Crippen molar-refractivity contribution in [3.8, 4) is 0 Å². The monoisotopic (exact) mass is 356 g/mol. The second-order valence-electron chi connectivity index (χ2n) is 5.21. The zero-order valence-corrected chi connectivity index (χ0v) is 13.8. The number of nitrogens with zero attached hydrogens (tertiary/aromatic N) is 2. The molecule has 0 aliphatic heterocycles. The van der Waals surface area contributed by atoms with Gasteiger partial charge in [0.05, 0.1) is 17.4 Å². The van der Waals surface area contributed by atoms with Gasteiger partial charge in [-0.05, 0) is 24.1 Å². The number of hydrogen-bond donors (Lipinski definition) is 0. The minimum absolute atomic E-state index is 0.0408. The molecule has 0 aliphatic rings. The predicted octanol–water partition coefficient (Wildman–Crippen LogP) is 3.77. The summed E-state index contributed by atoms with van der Waals surface area (Å²) in [5.41, 5.74) is 1.93. The van der Waals surface area contributed by atoms with E-state index in [4.69, 9.17) is 4.98 Å². The highest BCUT2D eigenvalue weighted by atomic mass is 79.9. The number of aromatic nitrogens is 2. The first-order valence-corrected chi connectivity index (χ1v) is 8.50. The van der Waals surface area contributed by atoms with Gasteiger partial charge in [0.2, 0.25) is 0 Å². The molecule has 0 spiro atoms. The molecule has 0 amide bonds. The summed E-state index contributed by atoms with van der Waals surface area (Å²) in [6.45, 7) is 0.565. The average molecular weight is 357 g/mol. The van der Waals surface area contributed by atoms with Crippen LogP contribution < -0.4 is 5.56 Å². The molecule has 3 aromatic rings. The highest BCUT2D eigenvalue weighted by molar-refractivity contribution is 9.09. The highest BCUT2D eigenvalue weighted by Crippen LogP contribution is 2.11. The van der Waals surface area contributed by atoms with Crippen molar-refractivity contribution in [3.05, 3.63) is 76.3 Å². The fourth-order valence-corrected chi connectivity index (χ4v) is 2.84. The molecule has 0 unspecified atom stereocenters. The van der Waals surface area contributed by atoms with Crippen LogP contribution in [0.1, 0.15) is 17.8 Å². The normalized spacial score (nSPS) is 11.0. The quantitative estimate of drug-likeness (QED) is 0.652. The van der Waals surface area contributed by atoms with Crippen molar-refractivity contribution in [2.75, 3.05) is 5.33 Å². The van der Waals surface area contributed by atoms with Crippen molar-refractivity contribution in [3.63, 3.8) is 0 Å². The Hall–Kier alpha value is -1.94. The number of para-hydroxylation sites is 1. The third kappa shape index (κ3) is 3.12. The summed E-state index contributed by atoms with van der Waals surface area (Å²) in [7, 11) is 0. The number of rotatable bonds is 5. The molecular weight excluding hydrogens is 340 g/mol. The van der Waals surface area contributed by atoms with E-state index in [1.165, 1.54) is 0 Å². The maximum atomic E-state index is 12.8. The van der Waals surface area contributed by atoms with Gasteiger partial charge in [0.1, 0.15) is 5.82 Å². The largest absolute Gasteiger partial charge is 0.292 e. The Morgan fingerprint density at radius 2 is 1.73 bits per heavy atom.